The lowest BCUT2D eigenvalue weighted by Gasteiger charge is -2.36. The van der Waals surface area contributed by atoms with Gasteiger partial charge in [0.25, 0.3) is 0 Å². The number of hydrogen-bond acceptors (Lipinski definition) is 4. The second-order valence-corrected chi connectivity index (χ2v) is 8.25. The SMILES string of the molecule is CC1(C(=O)CCc2ccc(Cl)c(-c3nc(-c4ccccc4)nc(=O)[nH]3)c2)CCC1. The largest absolute Gasteiger partial charge is 0.348 e. The molecule has 6 heteroatoms. The van der Waals surface area contributed by atoms with Crippen molar-refractivity contribution in [1.82, 2.24) is 15.0 Å². The Morgan fingerprint density at radius 3 is 2.59 bits per heavy atom. The summed E-state index contributed by atoms with van der Waals surface area (Å²) in [5.74, 6) is 1.04. The number of Topliss-reactive ketones (excluding diaryl/α,β-unsaturated/α-hetero) is 1. The molecular weight excluding hydrogens is 386 g/mol. The summed E-state index contributed by atoms with van der Waals surface area (Å²) in [6.07, 6.45) is 4.26. The molecule has 0 radical (unpaired) electrons. The van der Waals surface area contributed by atoms with Crippen molar-refractivity contribution in [3.05, 3.63) is 69.6 Å². The number of benzene rings is 2. The molecule has 0 atom stereocenters. The van der Waals surface area contributed by atoms with Crippen LogP contribution in [-0.2, 0) is 11.2 Å². The molecule has 1 saturated carbocycles. The third-order valence-electron chi connectivity index (χ3n) is 5.74. The third kappa shape index (κ3) is 4.15. The highest BCUT2D eigenvalue weighted by Crippen LogP contribution is 2.42. The quantitative estimate of drug-likeness (QED) is 0.634. The van der Waals surface area contributed by atoms with E-state index in [-0.39, 0.29) is 5.41 Å². The highest BCUT2D eigenvalue weighted by atomic mass is 35.5. The maximum absolute atomic E-state index is 12.5. The van der Waals surface area contributed by atoms with Gasteiger partial charge in [0.05, 0.1) is 5.02 Å². The van der Waals surface area contributed by atoms with Crippen LogP contribution in [0, 0.1) is 5.41 Å². The van der Waals surface area contributed by atoms with Gasteiger partial charge in [-0.1, -0.05) is 61.3 Å². The van der Waals surface area contributed by atoms with Gasteiger partial charge in [-0.25, -0.2) is 9.78 Å². The van der Waals surface area contributed by atoms with Gasteiger partial charge < -0.3 is 0 Å². The van der Waals surface area contributed by atoms with E-state index in [1.807, 2.05) is 42.5 Å². The number of hydrogen-bond donors (Lipinski definition) is 1. The van der Waals surface area contributed by atoms with Crippen LogP contribution in [0.2, 0.25) is 5.02 Å². The van der Waals surface area contributed by atoms with E-state index < -0.39 is 5.69 Å². The van der Waals surface area contributed by atoms with Crippen LogP contribution in [0.25, 0.3) is 22.8 Å². The highest BCUT2D eigenvalue weighted by molar-refractivity contribution is 6.33. The van der Waals surface area contributed by atoms with Crippen molar-refractivity contribution in [3.8, 4) is 22.8 Å². The molecular formula is C23H22ClN3O2. The topological polar surface area (TPSA) is 75.7 Å². The lowest BCUT2D eigenvalue weighted by molar-refractivity contribution is -0.132. The molecule has 1 aromatic heterocycles. The van der Waals surface area contributed by atoms with Crippen LogP contribution >= 0.6 is 11.6 Å². The lowest BCUT2D eigenvalue weighted by atomic mass is 9.66. The zero-order valence-corrected chi connectivity index (χ0v) is 17.0. The minimum Gasteiger partial charge on any atom is -0.299 e. The molecule has 0 aliphatic heterocycles. The molecule has 1 aliphatic rings. The third-order valence-corrected chi connectivity index (χ3v) is 6.07. The van der Waals surface area contributed by atoms with Gasteiger partial charge in [0.15, 0.2) is 5.82 Å². The van der Waals surface area contributed by atoms with E-state index in [0.29, 0.717) is 40.9 Å². The highest BCUT2D eigenvalue weighted by Gasteiger charge is 2.38. The number of nitrogens with zero attached hydrogens (tertiary/aromatic N) is 2. The number of H-pyrrole nitrogens is 1. The predicted octanol–water partition coefficient (Wildman–Crippen LogP) is 4.84. The molecule has 4 rings (SSSR count). The molecule has 3 aromatic rings. The first-order valence-electron chi connectivity index (χ1n) is 9.80. The number of halogens is 1. The van der Waals surface area contributed by atoms with Crippen LogP contribution in [0.4, 0.5) is 0 Å². The fraction of sp³-hybridized carbons (Fsp3) is 0.304. The fourth-order valence-corrected chi connectivity index (χ4v) is 3.89. The summed E-state index contributed by atoms with van der Waals surface area (Å²) in [5, 5.41) is 0.486. The van der Waals surface area contributed by atoms with Crippen molar-refractivity contribution in [2.45, 2.75) is 39.0 Å². The van der Waals surface area contributed by atoms with E-state index in [2.05, 4.69) is 21.9 Å². The van der Waals surface area contributed by atoms with Crippen LogP contribution in [0.5, 0.6) is 0 Å². The Kier molecular flexibility index (Phi) is 5.33. The van der Waals surface area contributed by atoms with Crippen LogP contribution < -0.4 is 5.69 Å². The molecule has 0 saturated heterocycles. The molecule has 1 fully saturated rings. The number of ketones is 1. The summed E-state index contributed by atoms with van der Waals surface area (Å²) in [6.45, 7) is 2.06. The van der Waals surface area contributed by atoms with Gasteiger partial charge in [0, 0.05) is 23.0 Å². The summed E-state index contributed by atoms with van der Waals surface area (Å²) >= 11 is 6.40. The predicted molar refractivity (Wildman–Crippen MR) is 114 cm³/mol. The summed E-state index contributed by atoms with van der Waals surface area (Å²) < 4.78 is 0. The van der Waals surface area contributed by atoms with E-state index in [1.165, 1.54) is 0 Å². The van der Waals surface area contributed by atoms with E-state index in [4.69, 9.17) is 11.6 Å². The molecule has 0 bridgehead atoms. The number of carbonyl (C=O) groups excluding carboxylic acids is 1. The van der Waals surface area contributed by atoms with E-state index in [9.17, 15) is 9.59 Å². The van der Waals surface area contributed by atoms with E-state index >= 15 is 0 Å². The number of aromatic amines is 1. The van der Waals surface area contributed by atoms with Gasteiger partial charge in [-0.2, -0.15) is 4.98 Å². The second-order valence-electron chi connectivity index (χ2n) is 7.84. The van der Waals surface area contributed by atoms with Crippen LogP contribution in [0.3, 0.4) is 0 Å². The van der Waals surface area contributed by atoms with Gasteiger partial charge in [-0.05, 0) is 37.0 Å². The molecule has 2 aromatic carbocycles. The summed E-state index contributed by atoms with van der Waals surface area (Å²) in [7, 11) is 0. The molecule has 1 N–H and O–H groups in total. The fourth-order valence-electron chi connectivity index (χ4n) is 3.68. The monoisotopic (exact) mass is 407 g/mol. The van der Waals surface area contributed by atoms with Crippen molar-refractivity contribution < 1.29 is 4.79 Å². The van der Waals surface area contributed by atoms with E-state index in [1.54, 1.807) is 6.07 Å². The Morgan fingerprint density at radius 1 is 1.14 bits per heavy atom. The summed E-state index contributed by atoms with van der Waals surface area (Å²) in [6, 6.07) is 14.9. The van der Waals surface area contributed by atoms with Gasteiger partial charge in [-0.15, -0.1) is 0 Å². The van der Waals surface area contributed by atoms with Crippen molar-refractivity contribution in [3.63, 3.8) is 0 Å². The lowest BCUT2D eigenvalue weighted by Crippen LogP contribution is -2.34. The van der Waals surface area contributed by atoms with Crippen molar-refractivity contribution >= 4 is 17.4 Å². The first kappa shape index (κ1) is 19.5. The summed E-state index contributed by atoms with van der Waals surface area (Å²) in [4.78, 5) is 35.8. The second kappa shape index (κ2) is 7.91. The van der Waals surface area contributed by atoms with Crippen LogP contribution in [0.1, 0.15) is 38.2 Å². The maximum Gasteiger partial charge on any atom is 0.348 e. The molecule has 1 aliphatic carbocycles. The van der Waals surface area contributed by atoms with Gasteiger partial charge in [0.2, 0.25) is 0 Å². The summed E-state index contributed by atoms with van der Waals surface area (Å²) in [5.41, 5.74) is 1.75. The standard InChI is InChI=1S/C23H22ClN3O2/c1-23(12-5-13-23)19(28)11-9-15-8-10-18(24)17(14-15)21-25-20(26-22(29)27-21)16-6-3-2-4-7-16/h2-4,6-8,10,14H,5,9,11-13H2,1H3,(H,25,26,27,29). The number of aryl methyl sites for hydroxylation is 1. The normalized spacial score (nSPS) is 15.0. The van der Waals surface area contributed by atoms with Crippen molar-refractivity contribution in [2.75, 3.05) is 0 Å². The van der Waals surface area contributed by atoms with Gasteiger partial charge in [0.1, 0.15) is 11.6 Å². The van der Waals surface area contributed by atoms with Crippen LogP contribution in [-0.4, -0.2) is 20.7 Å². The Bertz CT molecular complexity index is 1100. The number of nitrogens with one attached hydrogen (secondary N) is 1. The van der Waals surface area contributed by atoms with Crippen LogP contribution in [0.15, 0.2) is 53.3 Å². The van der Waals surface area contributed by atoms with Crippen molar-refractivity contribution in [1.29, 1.82) is 0 Å². The average Bonchev–Trinajstić information content (AvgIpc) is 2.71. The Balaban J connectivity index is 1.62. The molecule has 0 amide bonds. The Morgan fingerprint density at radius 2 is 1.90 bits per heavy atom. The first-order valence-corrected chi connectivity index (χ1v) is 10.2. The minimum atomic E-state index is -0.483. The molecule has 0 spiro atoms. The molecule has 29 heavy (non-hydrogen) atoms. The van der Waals surface area contributed by atoms with Crippen molar-refractivity contribution in [2.24, 2.45) is 5.41 Å². The zero-order chi connectivity index (χ0) is 20.4. The molecule has 0 unspecified atom stereocenters. The minimum absolute atomic E-state index is 0.141. The zero-order valence-electron chi connectivity index (χ0n) is 16.2. The average molecular weight is 408 g/mol. The van der Waals surface area contributed by atoms with Gasteiger partial charge in [-0.3, -0.25) is 9.78 Å². The van der Waals surface area contributed by atoms with Gasteiger partial charge >= 0.3 is 5.69 Å². The Hall–Kier alpha value is -2.79. The number of rotatable bonds is 6. The molecule has 1 heterocycles. The first-order chi connectivity index (χ1) is 13.9. The number of carbonyl (C=O) groups is 1. The smallest absolute Gasteiger partial charge is 0.299 e. The van der Waals surface area contributed by atoms with E-state index in [0.717, 1.165) is 30.4 Å². The maximum atomic E-state index is 12.5. The molecule has 148 valence electrons. The number of aromatic nitrogens is 3. The Labute approximate surface area is 174 Å². The molecule has 5 nitrogen and oxygen atoms in total.